The first-order valence-corrected chi connectivity index (χ1v) is 17.2. The summed E-state index contributed by atoms with van der Waals surface area (Å²) in [6.07, 6.45) is -3.58. The van der Waals surface area contributed by atoms with Crippen LogP contribution in [0.1, 0.15) is 51.2 Å². The molecule has 0 aromatic heterocycles. The summed E-state index contributed by atoms with van der Waals surface area (Å²) in [4.78, 5) is 29.4. The molecule has 0 unspecified atom stereocenters. The first kappa shape index (κ1) is 31.1. The fourth-order valence-electron chi connectivity index (χ4n) is 6.66. The quantitative estimate of drug-likeness (QED) is 0.261. The van der Waals surface area contributed by atoms with Crippen LogP contribution in [-0.4, -0.2) is 61.0 Å². The van der Waals surface area contributed by atoms with Gasteiger partial charge in [-0.25, -0.2) is 4.79 Å². The smallest absolute Gasteiger partial charge is 0.445 e. The van der Waals surface area contributed by atoms with Crippen LogP contribution >= 0.6 is 0 Å². The Morgan fingerprint density at radius 2 is 1.51 bits per heavy atom. The van der Waals surface area contributed by atoms with Gasteiger partial charge in [-0.3, -0.25) is 9.69 Å². The molecule has 1 saturated carbocycles. The van der Waals surface area contributed by atoms with E-state index in [2.05, 4.69) is 20.8 Å². The maximum Gasteiger partial charge on any atom is 0.471 e. The number of carbonyl (C=O) groups excluding carboxylic acids is 2. The van der Waals surface area contributed by atoms with Crippen LogP contribution in [-0.2, 0) is 27.1 Å². The Kier molecular flexibility index (Phi) is 10.2. The Bertz CT molecular complexity index is 1140. The van der Waals surface area contributed by atoms with Crippen molar-refractivity contribution >= 4 is 20.3 Å². The molecule has 1 aliphatic carbocycles. The van der Waals surface area contributed by atoms with Gasteiger partial charge >= 0.3 is 18.2 Å². The van der Waals surface area contributed by atoms with Crippen molar-refractivity contribution in [3.8, 4) is 0 Å². The van der Waals surface area contributed by atoms with Crippen LogP contribution in [0.5, 0.6) is 0 Å². The first-order valence-electron chi connectivity index (χ1n) is 14.7. The van der Waals surface area contributed by atoms with Gasteiger partial charge in [0.2, 0.25) is 0 Å². The lowest BCUT2D eigenvalue weighted by atomic mass is 9.93. The van der Waals surface area contributed by atoms with Crippen LogP contribution in [0.25, 0.3) is 0 Å². The van der Waals surface area contributed by atoms with E-state index in [4.69, 9.17) is 9.16 Å². The van der Waals surface area contributed by atoms with E-state index in [9.17, 15) is 22.8 Å². The number of nitrogens with zero attached hydrogens (tertiary/aromatic N) is 2. The number of hydrogen-bond donors (Lipinski definition) is 0. The number of amides is 2. The average Bonchev–Trinajstić information content (AvgIpc) is 3.56. The zero-order valence-electron chi connectivity index (χ0n) is 24.1. The summed E-state index contributed by atoms with van der Waals surface area (Å²) in [5.74, 6) is -2.18. The van der Waals surface area contributed by atoms with E-state index in [0.29, 0.717) is 18.4 Å². The Labute approximate surface area is 241 Å². The average molecular weight is 591 g/mol. The summed E-state index contributed by atoms with van der Waals surface area (Å²) >= 11 is 0. The maximum atomic E-state index is 14.1. The van der Waals surface area contributed by atoms with Crippen LogP contribution in [0.2, 0.25) is 18.1 Å². The molecule has 2 aromatic carbocycles. The highest BCUT2D eigenvalue weighted by molar-refractivity contribution is 6.73. The van der Waals surface area contributed by atoms with Gasteiger partial charge in [-0.15, -0.1) is 0 Å². The molecule has 4 rings (SSSR count). The fourth-order valence-corrected chi connectivity index (χ4v) is 9.30. The third kappa shape index (κ3) is 6.97. The second kappa shape index (κ2) is 13.4. The SMILES string of the molecule is CC[Si](CC)(CC)OC[C@H]1[C@@H](N(Cc2ccccc2)C(=O)C(F)(F)F)[C@H]2CCC[C@H]2N1C(=O)OCc1ccccc1. The highest BCUT2D eigenvalue weighted by Gasteiger charge is 2.58. The normalized spacial score (nSPS) is 22.4. The van der Waals surface area contributed by atoms with E-state index in [1.54, 1.807) is 35.2 Å². The van der Waals surface area contributed by atoms with Crippen molar-refractivity contribution in [2.45, 2.75) is 95.6 Å². The first-order chi connectivity index (χ1) is 19.6. The van der Waals surface area contributed by atoms with Gasteiger partial charge in [0.1, 0.15) is 6.61 Å². The molecule has 41 heavy (non-hydrogen) atoms. The molecule has 224 valence electrons. The lowest BCUT2D eigenvalue weighted by molar-refractivity contribution is -0.190. The van der Waals surface area contributed by atoms with E-state index in [1.165, 1.54) is 0 Å². The number of rotatable bonds is 11. The third-order valence-electron chi connectivity index (χ3n) is 9.05. The minimum absolute atomic E-state index is 0.0541. The molecule has 1 aliphatic heterocycles. The molecule has 2 amide bonds. The van der Waals surface area contributed by atoms with E-state index >= 15 is 0 Å². The summed E-state index contributed by atoms with van der Waals surface area (Å²) < 4.78 is 54.7. The van der Waals surface area contributed by atoms with Crippen LogP contribution in [0, 0.1) is 5.92 Å². The molecule has 6 nitrogen and oxygen atoms in total. The van der Waals surface area contributed by atoms with Crippen molar-refractivity contribution in [2.75, 3.05) is 6.61 Å². The number of fused-ring (bicyclic) bond motifs is 1. The summed E-state index contributed by atoms with van der Waals surface area (Å²) in [5, 5.41) is 0. The molecule has 10 heteroatoms. The fraction of sp³-hybridized carbons (Fsp3) is 0.548. The molecule has 1 heterocycles. The van der Waals surface area contributed by atoms with Crippen molar-refractivity contribution in [3.05, 3.63) is 71.8 Å². The number of halogens is 3. The number of alkyl halides is 3. The predicted molar refractivity (Wildman–Crippen MR) is 153 cm³/mol. The van der Waals surface area contributed by atoms with Crippen LogP contribution in [0.15, 0.2) is 60.7 Å². The Hall–Kier alpha value is -2.85. The Morgan fingerprint density at radius 1 is 0.927 bits per heavy atom. The van der Waals surface area contributed by atoms with E-state index in [-0.39, 0.29) is 31.7 Å². The van der Waals surface area contributed by atoms with Crippen LogP contribution in [0.4, 0.5) is 18.0 Å². The Morgan fingerprint density at radius 3 is 2.07 bits per heavy atom. The maximum absolute atomic E-state index is 14.1. The molecule has 2 aliphatic rings. The van der Waals surface area contributed by atoms with E-state index in [1.807, 2.05) is 30.3 Å². The predicted octanol–water partition coefficient (Wildman–Crippen LogP) is 7.16. The number of likely N-dealkylation sites (tertiary alicyclic amines) is 1. The van der Waals surface area contributed by atoms with Crippen molar-refractivity contribution in [2.24, 2.45) is 5.92 Å². The van der Waals surface area contributed by atoms with Gasteiger partial charge in [-0.2, -0.15) is 13.2 Å². The van der Waals surface area contributed by atoms with Gasteiger partial charge in [-0.05, 0) is 42.1 Å². The second-order valence-electron chi connectivity index (χ2n) is 11.1. The number of carbonyl (C=O) groups is 2. The zero-order valence-corrected chi connectivity index (χ0v) is 25.1. The van der Waals surface area contributed by atoms with Crippen molar-refractivity contribution in [3.63, 3.8) is 0 Å². The monoisotopic (exact) mass is 590 g/mol. The highest BCUT2D eigenvalue weighted by Crippen LogP contribution is 2.46. The van der Waals surface area contributed by atoms with Gasteiger partial charge in [-0.1, -0.05) is 87.9 Å². The van der Waals surface area contributed by atoms with Gasteiger partial charge in [0, 0.05) is 18.5 Å². The number of ether oxygens (including phenoxy) is 1. The van der Waals surface area contributed by atoms with Gasteiger partial charge in [0.25, 0.3) is 0 Å². The minimum atomic E-state index is -5.05. The summed E-state index contributed by atoms with van der Waals surface area (Å²) in [7, 11) is -2.16. The molecule has 0 spiro atoms. The summed E-state index contributed by atoms with van der Waals surface area (Å²) in [5.41, 5.74) is 1.42. The molecule has 1 saturated heterocycles. The molecule has 0 bridgehead atoms. The zero-order chi connectivity index (χ0) is 29.6. The number of benzene rings is 2. The van der Waals surface area contributed by atoms with Crippen LogP contribution in [0.3, 0.4) is 0 Å². The summed E-state index contributed by atoms with van der Waals surface area (Å²) in [6.45, 7) is 6.19. The van der Waals surface area contributed by atoms with Crippen molar-refractivity contribution in [1.82, 2.24) is 9.80 Å². The molecule has 2 fully saturated rings. The molecule has 0 radical (unpaired) electrons. The molecule has 2 aromatic rings. The molecule has 4 atom stereocenters. The molecule has 0 N–H and O–H groups in total. The largest absolute Gasteiger partial charge is 0.471 e. The topological polar surface area (TPSA) is 59.1 Å². The summed E-state index contributed by atoms with van der Waals surface area (Å²) in [6, 6.07) is 18.7. The molecular weight excluding hydrogens is 549 g/mol. The lowest BCUT2D eigenvalue weighted by Gasteiger charge is -2.39. The van der Waals surface area contributed by atoms with Crippen molar-refractivity contribution in [1.29, 1.82) is 0 Å². The van der Waals surface area contributed by atoms with Gasteiger partial charge in [0.15, 0.2) is 8.32 Å². The van der Waals surface area contributed by atoms with Crippen LogP contribution < -0.4 is 0 Å². The van der Waals surface area contributed by atoms with E-state index in [0.717, 1.165) is 35.0 Å². The minimum Gasteiger partial charge on any atom is -0.445 e. The Balaban J connectivity index is 1.72. The third-order valence-corrected chi connectivity index (χ3v) is 13.7. The van der Waals surface area contributed by atoms with Gasteiger partial charge in [0.05, 0.1) is 18.7 Å². The van der Waals surface area contributed by atoms with Gasteiger partial charge < -0.3 is 14.1 Å². The number of hydrogen-bond acceptors (Lipinski definition) is 4. The van der Waals surface area contributed by atoms with Crippen molar-refractivity contribution < 1.29 is 31.9 Å². The van der Waals surface area contributed by atoms with E-state index < -0.39 is 38.6 Å². The lowest BCUT2D eigenvalue weighted by Crippen LogP contribution is -2.56. The highest BCUT2D eigenvalue weighted by atomic mass is 28.4. The molecular formula is C31H41F3N2O4Si. The second-order valence-corrected chi connectivity index (χ2v) is 15.9. The standard InChI is InChI=1S/C31H41F3N2O4Si/c1-4-41(5-2,6-3)40-22-27-28(35(29(37)31(32,33)34)20-23-14-9-7-10-15-23)25-18-13-19-26(25)36(27)30(38)39-21-24-16-11-8-12-17-24/h7-12,14-17,25-28H,4-6,13,18-22H2,1-3H3/t25-,26+,27-,28-/m0/s1.